The Labute approximate surface area is 108 Å². The first-order valence-electron chi connectivity index (χ1n) is 6.76. The van der Waals surface area contributed by atoms with Gasteiger partial charge in [-0.2, -0.15) is 0 Å². The second-order valence-electron chi connectivity index (χ2n) is 2.93. The SMILES string of the molecule is C/C=C\C(=C/CC)c1ccccc1.CC.CC. The van der Waals surface area contributed by atoms with Gasteiger partial charge >= 0.3 is 0 Å². The van der Waals surface area contributed by atoms with Crippen LogP contribution in [-0.4, -0.2) is 0 Å². The van der Waals surface area contributed by atoms with Crippen LogP contribution in [0.1, 0.15) is 53.5 Å². The van der Waals surface area contributed by atoms with Crippen molar-refractivity contribution < 1.29 is 0 Å². The van der Waals surface area contributed by atoms with Crippen LogP contribution in [0.5, 0.6) is 0 Å². The van der Waals surface area contributed by atoms with Crippen LogP contribution in [0.2, 0.25) is 0 Å². The number of rotatable bonds is 3. The fourth-order valence-electron chi connectivity index (χ4n) is 1.31. The van der Waals surface area contributed by atoms with Crippen LogP contribution >= 0.6 is 0 Å². The maximum absolute atomic E-state index is 2.25. The zero-order chi connectivity index (χ0) is 13.5. The lowest BCUT2D eigenvalue weighted by molar-refractivity contribution is 1.23. The normalized spacial score (nSPS) is 10.1. The minimum atomic E-state index is 1.08. The Bertz CT molecular complexity index is 291. The summed E-state index contributed by atoms with van der Waals surface area (Å²) in [4.78, 5) is 0. The van der Waals surface area contributed by atoms with Crippen molar-refractivity contribution in [2.24, 2.45) is 0 Å². The Balaban J connectivity index is 0. The molecule has 17 heavy (non-hydrogen) atoms. The van der Waals surface area contributed by atoms with Gasteiger partial charge in [0.1, 0.15) is 0 Å². The maximum atomic E-state index is 2.25. The Kier molecular flexibility index (Phi) is 15.6. The van der Waals surface area contributed by atoms with Gasteiger partial charge < -0.3 is 0 Å². The van der Waals surface area contributed by atoms with Crippen LogP contribution in [0.15, 0.2) is 48.6 Å². The molecule has 0 nitrogen and oxygen atoms in total. The molecular weight excluding hydrogens is 204 g/mol. The van der Waals surface area contributed by atoms with Gasteiger partial charge in [-0.25, -0.2) is 0 Å². The second-order valence-corrected chi connectivity index (χ2v) is 2.93. The quantitative estimate of drug-likeness (QED) is 0.552. The van der Waals surface area contributed by atoms with Crippen molar-refractivity contribution in [3.05, 3.63) is 54.1 Å². The highest BCUT2D eigenvalue weighted by Crippen LogP contribution is 2.15. The molecule has 0 aromatic heterocycles. The monoisotopic (exact) mass is 232 g/mol. The predicted molar refractivity (Wildman–Crippen MR) is 82.2 cm³/mol. The number of hydrogen-bond acceptors (Lipinski definition) is 0. The molecule has 0 fully saturated rings. The van der Waals surface area contributed by atoms with Crippen molar-refractivity contribution in [3.8, 4) is 0 Å². The second kappa shape index (κ2) is 14.7. The van der Waals surface area contributed by atoms with Crippen LogP contribution < -0.4 is 0 Å². The van der Waals surface area contributed by atoms with Gasteiger partial charge in [0.25, 0.3) is 0 Å². The summed E-state index contributed by atoms with van der Waals surface area (Å²) in [6.07, 6.45) is 7.55. The van der Waals surface area contributed by atoms with Gasteiger partial charge in [-0.1, -0.05) is 83.2 Å². The molecule has 0 unspecified atom stereocenters. The Hall–Kier alpha value is -1.30. The van der Waals surface area contributed by atoms with Gasteiger partial charge in [0.15, 0.2) is 0 Å². The first kappa shape index (κ1) is 18.1. The molecule has 0 radical (unpaired) electrons. The lowest BCUT2D eigenvalue weighted by atomic mass is 10.0. The fourth-order valence-corrected chi connectivity index (χ4v) is 1.31. The van der Waals surface area contributed by atoms with Gasteiger partial charge in [0.2, 0.25) is 0 Å². The van der Waals surface area contributed by atoms with E-state index in [2.05, 4.69) is 49.4 Å². The average Bonchev–Trinajstić information content (AvgIpc) is 2.44. The summed E-state index contributed by atoms with van der Waals surface area (Å²) in [6, 6.07) is 10.5. The number of hydrogen-bond donors (Lipinski definition) is 0. The van der Waals surface area contributed by atoms with E-state index in [1.165, 1.54) is 11.1 Å². The Morgan fingerprint density at radius 3 is 1.94 bits per heavy atom. The molecule has 1 aromatic rings. The summed E-state index contributed by atoms with van der Waals surface area (Å²) in [5.41, 5.74) is 2.60. The van der Waals surface area contributed by atoms with Crippen molar-refractivity contribution >= 4 is 5.57 Å². The summed E-state index contributed by atoms with van der Waals surface area (Å²) >= 11 is 0. The van der Waals surface area contributed by atoms with E-state index >= 15 is 0 Å². The Morgan fingerprint density at radius 1 is 1.00 bits per heavy atom. The first-order valence-corrected chi connectivity index (χ1v) is 6.76. The molecule has 0 saturated carbocycles. The standard InChI is InChI=1S/C13H16.2C2H6/c1-3-8-12(9-4-2)13-10-6-5-7-11-13;2*1-2/h3,5-11H,4H2,1-2H3;2*1-2H3/b8-3-,12-9+;;. The lowest BCUT2D eigenvalue weighted by Crippen LogP contribution is -1.79. The largest absolute Gasteiger partial charge is 0.0871 e. The third-order valence-electron chi connectivity index (χ3n) is 1.88. The molecule has 0 heterocycles. The zero-order valence-corrected chi connectivity index (χ0v) is 12.3. The van der Waals surface area contributed by atoms with Crippen molar-refractivity contribution in [1.82, 2.24) is 0 Å². The van der Waals surface area contributed by atoms with E-state index in [1.54, 1.807) is 0 Å². The van der Waals surface area contributed by atoms with Crippen molar-refractivity contribution in [3.63, 3.8) is 0 Å². The maximum Gasteiger partial charge on any atom is -0.0187 e. The van der Waals surface area contributed by atoms with Crippen LogP contribution in [0.4, 0.5) is 0 Å². The summed E-state index contributed by atoms with van der Waals surface area (Å²) in [6.45, 7) is 12.2. The molecule has 0 aliphatic heterocycles. The van der Waals surface area contributed by atoms with Gasteiger partial charge in [-0.05, 0) is 24.5 Å². The molecule has 0 aliphatic carbocycles. The third kappa shape index (κ3) is 8.50. The van der Waals surface area contributed by atoms with E-state index in [1.807, 2.05) is 40.7 Å². The van der Waals surface area contributed by atoms with Crippen LogP contribution in [0, 0.1) is 0 Å². The molecule has 1 rings (SSSR count). The number of benzene rings is 1. The van der Waals surface area contributed by atoms with Crippen LogP contribution in [0.25, 0.3) is 5.57 Å². The Morgan fingerprint density at radius 2 is 1.53 bits per heavy atom. The summed E-state index contributed by atoms with van der Waals surface area (Å²) < 4.78 is 0. The minimum Gasteiger partial charge on any atom is -0.0871 e. The summed E-state index contributed by atoms with van der Waals surface area (Å²) in [5, 5.41) is 0. The zero-order valence-electron chi connectivity index (χ0n) is 12.3. The minimum absolute atomic E-state index is 1.08. The molecule has 1 aromatic carbocycles. The molecule has 0 aliphatic rings. The first-order chi connectivity index (χ1) is 8.38. The molecule has 0 heteroatoms. The van der Waals surface area contributed by atoms with E-state index < -0.39 is 0 Å². The molecule has 0 bridgehead atoms. The van der Waals surface area contributed by atoms with Gasteiger partial charge in [-0.15, -0.1) is 0 Å². The molecular formula is C17H28. The molecule has 0 saturated heterocycles. The smallest absolute Gasteiger partial charge is 0.0187 e. The number of allylic oxidation sites excluding steroid dienone is 4. The van der Waals surface area contributed by atoms with Gasteiger partial charge in [0, 0.05) is 0 Å². The lowest BCUT2D eigenvalue weighted by Gasteiger charge is -2.00. The van der Waals surface area contributed by atoms with Crippen molar-refractivity contribution in [2.45, 2.75) is 48.0 Å². The molecule has 0 N–H and O–H groups in total. The van der Waals surface area contributed by atoms with E-state index in [0.717, 1.165) is 6.42 Å². The predicted octanol–water partition coefficient (Wildman–Crippen LogP) is 6.11. The van der Waals surface area contributed by atoms with E-state index in [4.69, 9.17) is 0 Å². The molecule has 0 spiro atoms. The average molecular weight is 232 g/mol. The van der Waals surface area contributed by atoms with Gasteiger partial charge in [0.05, 0.1) is 0 Å². The fraction of sp³-hybridized carbons (Fsp3) is 0.412. The topological polar surface area (TPSA) is 0 Å². The highest BCUT2D eigenvalue weighted by atomic mass is 14.0. The van der Waals surface area contributed by atoms with E-state index in [-0.39, 0.29) is 0 Å². The molecule has 96 valence electrons. The molecule has 0 amide bonds. The summed E-state index contributed by atoms with van der Waals surface area (Å²) in [5.74, 6) is 0. The van der Waals surface area contributed by atoms with E-state index in [0.29, 0.717) is 0 Å². The van der Waals surface area contributed by atoms with Crippen LogP contribution in [0.3, 0.4) is 0 Å². The van der Waals surface area contributed by atoms with E-state index in [9.17, 15) is 0 Å². The third-order valence-corrected chi connectivity index (χ3v) is 1.88. The van der Waals surface area contributed by atoms with Crippen LogP contribution in [-0.2, 0) is 0 Å². The highest BCUT2D eigenvalue weighted by Gasteiger charge is 1.93. The van der Waals surface area contributed by atoms with Crippen molar-refractivity contribution in [1.29, 1.82) is 0 Å². The summed E-state index contributed by atoms with van der Waals surface area (Å²) in [7, 11) is 0. The van der Waals surface area contributed by atoms with Gasteiger partial charge in [-0.3, -0.25) is 0 Å². The van der Waals surface area contributed by atoms with Crippen molar-refractivity contribution in [2.75, 3.05) is 0 Å². The molecule has 0 atom stereocenters. The highest BCUT2D eigenvalue weighted by molar-refractivity contribution is 5.73.